The van der Waals surface area contributed by atoms with Gasteiger partial charge in [-0.3, -0.25) is 0 Å². The summed E-state index contributed by atoms with van der Waals surface area (Å²) in [6.07, 6.45) is 5.09. The molecule has 0 bridgehead atoms. The van der Waals surface area contributed by atoms with Crippen LogP contribution in [-0.4, -0.2) is 14.1 Å². The lowest BCUT2D eigenvalue weighted by Crippen LogP contribution is -2.10. The first kappa shape index (κ1) is 40.0. The summed E-state index contributed by atoms with van der Waals surface area (Å²) in [5, 5.41) is 34.7. The van der Waals surface area contributed by atoms with Crippen molar-refractivity contribution in [2.24, 2.45) is 0 Å². The largest absolute Gasteiger partial charge is 0.309 e. The van der Waals surface area contributed by atoms with Crippen LogP contribution in [0.25, 0.3) is 94.9 Å². The van der Waals surface area contributed by atoms with E-state index in [1.54, 1.807) is 0 Å². The zero-order valence-corrected chi connectivity index (χ0v) is 36.7. The van der Waals surface area contributed by atoms with Crippen molar-refractivity contribution >= 4 is 38.8 Å². The van der Waals surface area contributed by atoms with Crippen molar-refractivity contribution in [1.82, 2.24) is 14.1 Å². The molecule has 68 heavy (non-hydrogen) atoms. The van der Waals surface area contributed by atoms with Gasteiger partial charge in [0, 0.05) is 44.5 Å². The number of hydrogen-bond donors (Lipinski definition) is 0. The van der Waals surface area contributed by atoms with E-state index in [9.17, 15) is 15.8 Å². The number of hydrogen-bond acceptors (Lipinski definition) is 4. The standard InChI is InChI=1S/C62H38N6/c63-37-44-19-7-9-21-48(44)42-27-29-59-53(31-42)50-23-11-13-25-57(50)67(59)61-36-52(46-33-55(40-15-3-1-4-16-40)66-56(34-46)41-17-5-2-6-18-41)62(35-47(61)39-65)68-58-26-14-12-24-51(58)54-32-43(28-30-60(54)68)49-22-10-8-20-45(49)38-64/h1-30,32-36,42H,31H2. The van der Waals surface area contributed by atoms with E-state index in [-0.39, 0.29) is 5.92 Å². The summed E-state index contributed by atoms with van der Waals surface area (Å²) in [4.78, 5) is 5.28. The number of rotatable bonds is 7. The Labute approximate surface area is 393 Å². The fourth-order valence-corrected chi connectivity index (χ4v) is 10.3. The maximum Gasteiger partial charge on any atom is 0.101 e. The molecule has 0 fully saturated rings. The number of aromatic nitrogens is 3. The van der Waals surface area contributed by atoms with Crippen molar-refractivity contribution in [2.45, 2.75) is 12.3 Å². The highest BCUT2D eigenvalue weighted by atomic mass is 15.0. The van der Waals surface area contributed by atoms with E-state index in [1.165, 1.54) is 5.56 Å². The highest BCUT2D eigenvalue weighted by molar-refractivity contribution is 6.11. The van der Waals surface area contributed by atoms with E-state index in [0.29, 0.717) is 23.1 Å². The van der Waals surface area contributed by atoms with Gasteiger partial charge in [-0.05, 0) is 101 Å². The van der Waals surface area contributed by atoms with Crippen LogP contribution in [-0.2, 0) is 6.42 Å². The van der Waals surface area contributed by atoms with Crippen LogP contribution in [0.5, 0.6) is 0 Å². The molecule has 0 saturated carbocycles. The van der Waals surface area contributed by atoms with E-state index in [1.807, 2.05) is 78.9 Å². The number of allylic oxidation sites excluding steroid dienone is 1. The van der Waals surface area contributed by atoms with Crippen molar-refractivity contribution in [3.8, 4) is 74.4 Å². The van der Waals surface area contributed by atoms with E-state index >= 15 is 0 Å². The average molecular weight is 867 g/mol. The number of para-hydroxylation sites is 2. The van der Waals surface area contributed by atoms with Gasteiger partial charge in [0.2, 0.25) is 0 Å². The summed E-state index contributed by atoms with van der Waals surface area (Å²) in [5.41, 5.74) is 16.9. The second-order valence-corrected chi connectivity index (χ2v) is 17.2. The zero-order chi connectivity index (χ0) is 45.7. The number of nitriles is 3. The Balaban J connectivity index is 1.16. The van der Waals surface area contributed by atoms with Crippen molar-refractivity contribution in [3.63, 3.8) is 0 Å². The van der Waals surface area contributed by atoms with Crippen LogP contribution >= 0.6 is 0 Å². The number of pyridine rings is 1. The molecular formula is C62H38N6. The quantitative estimate of drug-likeness (QED) is 0.159. The van der Waals surface area contributed by atoms with Gasteiger partial charge in [0.05, 0.1) is 68.1 Å². The van der Waals surface area contributed by atoms with Gasteiger partial charge in [0.15, 0.2) is 0 Å². The van der Waals surface area contributed by atoms with E-state index in [4.69, 9.17) is 4.98 Å². The lowest BCUT2D eigenvalue weighted by Gasteiger charge is -2.22. The maximum atomic E-state index is 11.4. The van der Waals surface area contributed by atoms with Gasteiger partial charge in [-0.25, -0.2) is 4.98 Å². The molecule has 1 unspecified atom stereocenters. The summed E-state index contributed by atoms with van der Waals surface area (Å²) >= 11 is 0. The lowest BCUT2D eigenvalue weighted by atomic mass is 9.84. The highest BCUT2D eigenvalue weighted by Crippen LogP contribution is 2.44. The van der Waals surface area contributed by atoms with Gasteiger partial charge in [-0.2, -0.15) is 15.8 Å². The lowest BCUT2D eigenvalue weighted by molar-refractivity contribution is 0.822. The van der Waals surface area contributed by atoms with E-state index in [0.717, 1.165) is 100 Å². The summed E-state index contributed by atoms with van der Waals surface area (Å²) in [6.45, 7) is 0. The van der Waals surface area contributed by atoms with Crippen LogP contribution in [0.3, 0.4) is 0 Å². The zero-order valence-electron chi connectivity index (χ0n) is 36.7. The van der Waals surface area contributed by atoms with Crippen LogP contribution in [0.15, 0.2) is 206 Å². The van der Waals surface area contributed by atoms with Gasteiger partial charge in [-0.1, -0.05) is 146 Å². The Morgan fingerprint density at radius 3 is 1.72 bits per heavy atom. The first-order valence-electron chi connectivity index (χ1n) is 22.6. The van der Waals surface area contributed by atoms with Crippen LogP contribution in [0, 0.1) is 34.0 Å². The van der Waals surface area contributed by atoms with E-state index < -0.39 is 0 Å². The molecule has 0 spiro atoms. The minimum Gasteiger partial charge on any atom is -0.309 e. The molecule has 316 valence electrons. The summed E-state index contributed by atoms with van der Waals surface area (Å²) in [5.74, 6) is 0.0137. The van der Waals surface area contributed by atoms with Gasteiger partial charge >= 0.3 is 0 Å². The predicted molar refractivity (Wildman–Crippen MR) is 273 cm³/mol. The summed E-state index contributed by atoms with van der Waals surface area (Å²) < 4.78 is 4.54. The van der Waals surface area contributed by atoms with Gasteiger partial charge < -0.3 is 9.13 Å². The monoisotopic (exact) mass is 866 g/mol. The minimum atomic E-state index is 0.0137. The van der Waals surface area contributed by atoms with Crippen LogP contribution < -0.4 is 0 Å². The molecule has 0 aliphatic heterocycles. The maximum absolute atomic E-state index is 11.4. The average Bonchev–Trinajstić information content (AvgIpc) is 3.92. The van der Waals surface area contributed by atoms with Crippen molar-refractivity contribution in [3.05, 3.63) is 240 Å². The topological polar surface area (TPSA) is 94.1 Å². The third kappa shape index (κ3) is 6.58. The highest BCUT2D eigenvalue weighted by Gasteiger charge is 2.28. The number of nitrogens with zero attached hydrogens (tertiary/aromatic N) is 6. The normalized spacial score (nSPS) is 13.0. The molecule has 12 rings (SSSR count). The third-order valence-corrected chi connectivity index (χ3v) is 13.4. The molecule has 0 amide bonds. The van der Waals surface area contributed by atoms with Gasteiger partial charge in [0.1, 0.15) is 6.07 Å². The molecule has 6 nitrogen and oxygen atoms in total. The molecular weight excluding hydrogens is 829 g/mol. The summed E-state index contributed by atoms with van der Waals surface area (Å²) in [6, 6.07) is 75.4. The Kier molecular flexibility index (Phi) is 9.69. The van der Waals surface area contributed by atoms with Crippen molar-refractivity contribution in [1.29, 1.82) is 15.8 Å². The second-order valence-electron chi connectivity index (χ2n) is 17.2. The number of fused-ring (bicyclic) bond motifs is 6. The molecule has 8 aromatic carbocycles. The first-order chi connectivity index (χ1) is 33.6. The third-order valence-electron chi connectivity index (χ3n) is 13.4. The molecule has 0 radical (unpaired) electrons. The molecule has 3 heterocycles. The Bertz CT molecular complexity index is 3920. The Morgan fingerprint density at radius 1 is 0.426 bits per heavy atom. The molecule has 1 atom stereocenters. The van der Waals surface area contributed by atoms with Crippen LogP contribution in [0.2, 0.25) is 0 Å². The first-order valence-corrected chi connectivity index (χ1v) is 22.6. The van der Waals surface area contributed by atoms with Crippen LogP contribution in [0.1, 0.15) is 39.4 Å². The molecule has 1 aliphatic rings. The Hall–Kier alpha value is -9.54. The fourth-order valence-electron chi connectivity index (χ4n) is 10.3. The molecule has 0 N–H and O–H groups in total. The van der Waals surface area contributed by atoms with Crippen molar-refractivity contribution in [2.75, 3.05) is 0 Å². The van der Waals surface area contributed by atoms with Crippen molar-refractivity contribution < 1.29 is 0 Å². The minimum absolute atomic E-state index is 0.0137. The Morgan fingerprint density at radius 2 is 1.01 bits per heavy atom. The predicted octanol–water partition coefficient (Wildman–Crippen LogP) is 14.8. The second kappa shape index (κ2) is 16.5. The van der Waals surface area contributed by atoms with Crippen LogP contribution in [0.4, 0.5) is 0 Å². The smallest absolute Gasteiger partial charge is 0.101 e. The molecule has 11 aromatic rings. The number of benzene rings is 8. The van der Waals surface area contributed by atoms with Gasteiger partial charge in [-0.15, -0.1) is 0 Å². The fraction of sp³-hybridized carbons (Fsp3) is 0.0323. The molecule has 1 aliphatic carbocycles. The molecule has 0 saturated heterocycles. The summed E-state index contributed by atoms with van der Waals surface area (Å²) in [7, 11) is 0. The molecule has 3 aromatic heterocycles. The van der Waals surface area contributed by atoms with Gasteiger partial charge in [0.25, 0.3) is 0 Å². The SMILES string of the molecule is N#Cc1ccccc1-c1ccc2c(c1)c1ccccc1n2-c1cc(C#N)c(-n2c3c(c4ccccc42)CC(c2ccccc2C#N)C=C3)cc1-c1cc(-c2ccccc2)nc(-c2ccccc2)c1. The van der Waals surface area contributed by atoms with E-state index in [2.05, 4.69) is 161 Å². The molecule has 6 heteroatoms.